The quantitative estimate of drug-likeness (QED) is 0.701. The lowest BCUT2D eigenvalue weighted by Crippen LogP contribution is -1.97. The van der Waals surface area contributed by atoms with Gasteiger partial charge in [0.25, 0.3) is 0 Å². The number of aryl methyl sites for hydroxylation is 1. The Kier molecular flexibility index (Phi) is 2.27. The summed E-state index contributed by atoms with van der Waals surface area (Å²) in [6, 6.07) is 10.4. The van der Waals surface area contributed by atoms with Crippen molar-refractivity contribution >= 4 is 0 Å². The number of nitrogens with zero attached hydrogens (tertiary/aromatic N) is 2. The molecule has 4 nitrogen and oxygen atoms in total. The van der Waals surface area contributed by atoms with Gasteiger partial charge in [0, 0.05) is 17.5 Å². The second-order valence-corrected chi connectivity index (χ2v) is 4.79. The third-order valence-corrected chi connectivity index (χ3v) is 3.79. The van der Waals surface area contributed by atoms with Crippen LogP contribution in [0.3, 0.4) is 0 Å². The van der Waals surface area contributed by atoms with Gasteiger partial charge in [-0.3, -0.25) is 0 Å². The third kappa shape index (κ3) is 1.60. The Balaban J connectivity index is 1.81. The van der Waals surface area contributed by atoms with Gasteiger partial charge in [0.15, 0.2) is 0 Å². The van der Waals surface area contributed by atoms with E-state index in [0.29, 0.717) is 5.92 Å². The maximum absolute atomic E-state index is 5.17. The SMILES string of the molecule is c1ccc2c(c1)CCC2c1conc1-c1ccon1. The van der Waals surface area contributed by atoms with E-state index in [1.54, 1.807) is 12.5 Å². The van der Waals surface area contributed by atoms with Crippen molar-refractivity contribution in [2.24, 2.45) is 0 Å². The van der Waals surface area contributed by atoms with Crippen LogP contribution in [0.1, 0.15) is 29.0 Å². The summed E-state index contributed by atoms with van der Waals surface area (Å²) >= 11 is 0. The van der Waals surface area contributed by atoms with Gasteiger partial charge in [-0.2, -0.15) is 0 Å². The van der Waals surface area contributed by atoms with E-state index < -0.39 is 0 Å². The van der Waals surface area contributed by atoms with Crippen LogP contribution in [0.25, 0.3) is 11.4 Å². The van der Waals surface area contributed by atoms with Crippen LogP contribution >= 0.6 is 0 Å². The third-order valence-electron chi connectivity index (χ3n) is 3.79. The molecule has 1 aliphatic rings. The Hall–Kier alpha value is -2.36. The minimum Gasteiger partial charge on any atom is -0.364 e. The van der Waals surface area contributed by atoms with E-state index in [1.165, 1.54) is 11.1 Å². The van der Waals surface area contributed by atoms with Gasteiger partial charge < -0.3 is 9.05 Å². The highest BCUT2D eigenvalue weighted by atomic mass is 16.5. The molecular formula is C15H12N2O2. The van der Waals surface area contributed by atoms with Crippen LogP contribution < -0.4 is 0 Å². The molecule has 0 saturated heterocycles. The van der Waals surface area contributed by atoms with Gasteiger partial charge in [-0.05, 0) is 24.0 Å². The molecule has 1 aliphatic carbocycles. The highest BCUT2D eigenvalue weighted by Crippen LogP contribution is 2.41. The van der Waals surface area contributed by atoms with Gasteiger partial charge in [0.05, 0.1) is 0 Å². The van der Waals surface area contributed by atoms with Crippen molar-refractivity contribution < 1.29 is 9.05 Å². The molecule has 4 rings (SSSR count). The molecule has 4 heteroatoms. The van der Waals surface area contributed by atoms with Crippen LogP contribution in [0.2, 0.25) is 0 Å². The average Bonchev–Trinajstić information content (AvgIpc) is 3.17. The van der Waals surface area contributed by atoms with E-state index in [1.807, 2.05) is 6.07 Å². The average molecular weight is 252 g/mol. The fraction of sp³-hybridized carbons (Fsp3) is 0.200. The summed E-state index contributed by atoms with van der Waals surface area (Å²) in [6.07, 6.45) is 5.48. The van der Waals surface area contributed by atoms with Crippen molar-refractivity contribution in [2.45, 2.75) is 18.8 Å². The van der Waals surface area contributed by atoms with Crippen molar-refractivity contribution in [3.05, 3.63) is 59.5 Å². The van der Waals surface area contributed by atoms with Gasteiger partial charge in [-0.25, -0.2) is 0 Å². The summed E-state index contributed by atoms with van der Waals surface area (Å²) in [5.74, 6) is 0.342. The molecular weight excluding hydrogens is 240 g/mol. The molecule has 0 spiro atoms. The van der Waals surface area contributed by atoms with E-state index >= 15 is 0 Å². The lowest BCUT2D eigenvalue weighted by molar-refractivity contribution is 0.412. The van der Waals surface area contributed by atoms with Crippen LogP contribution in [-0.4, -0.2) is 10.3 Å². The molecule has 1 atom stereocenters. The molecule has 0 aliphatic heterocycles. The Morgan fingerprint density at radius 1 is 1.00 bits per heavy atom. The van der Waals surface area contributed by atoms with Gasteiger partial charge in [-0.15, -0.1) is 0 Å². The summed E-state index contributed by atoms with van der Waals surface area (Å²) in [7, 11) is 0. The number of rotatable bonds is 2. The minimum atomic E-state index is 0.342. The minimum absolute atomic E-state index is 0.342. The second kappa shape index (κ2) is 4.09. The lowest BCUT2D eigenvalue weighted by atomic mass is 9.93. The summed E-state index contributed by atoms with van der Waals surface area (Å²) in [5.41, 5.74) is 5.40. The molecule has 3 aromatic rings. The molecule has 1 unspecified atom stereocenters. The fourth-order valence-electron chi connectivity index (χ4n) is 2.90. The molecule has 94 valence electrons. The maximum Gasteiger partial charge on any atom is 0.139 e. The standard InChI is InChI=1S/C15H12N2O2/c1-2-4-11-10(3-1)5-6-12(11)13-9-19-17-15(13)14-7-8-18-16-14/h1-4,7-9,12H,5-6H2. The van der Waals surface area contributed by atoms with E-state index in [-0.39, 0.29) is 0 Å². The van der Waals surface area contributed by atoms with Crippen molar-refractivity contribution in [3.8, 4) is 11.4 Å². The van der Waals surface area contributed by atoms with Gasteiger partial charge in [0.2, 0.25) is 0 Å². The highest BCUT2D eigenvalue weighted by molar-refractivity contribution is 5.60. The molecule has 0 saturated carbocycles. The molecule has 0 bridgehead atoms. The number of benzene rings is 1. The van der Waals surface area contributed by atoms with Crippen LogP contribution in [0.4, 0.5) is 0 Å². The molecule has 0 N–H and O–H groups in total. The van der Waals surface area contributed by atoms with Crippen LogP contribution in [0.15, 0.2) is 51.9 Å². The van der Waals surface area contributed by atoms with E-state index in [0.717, 1.165) is 29.8 Å². The van der Waals surface area contributed by atoms with Crippen LogP contribution in [0.5, 0.6) is 0 Å². The molecule has 19 heavy (non-hydrogen) atoms. The summed E-state index contributed by atoms with van der Waals surface area (Å²) < 4.78 is 10.1. The largest absolute Gasteiger partial charge is 0.364 e. The van der Waals surface area contributed by atoms with Gasteiger partial charge in [0.1, 0.15) is 23.9 Å². The number of hydrogen-bond donors (Lipinski definition) is 0. The predicted octanol–water partition coefficient (Wildman–Crippen LogP) is 3.41. The topological polar surface area (TPSA) is 52.1 Å². The zero-order chi connectivity index (χ0) is 12.7. The summed E-state index contributed by atoms with van der Waals surface area (Å²) in [6.45, 7) is 0. The zero-order valence-corrected chi connectivity index (χ0v) is 10.2. The number of fused-ring (bicyclic) bond motifs is 1. The molecule has 0 amide bonds. The number of hydrogen-bond acceptors (Lipinski definition) is 4. The zero-order valence-electron chi connectivity index (χ0n) is 10.2. The van der Waals surface area contributed by atoms with Crippen LogP contribution in [0, 0.1) is 0 Å². The fourth-order valence-corrected chi connectivity index (χ4v) is 2.90. The molecule has 2 aromatic heterocycles. The van der Waals surface area contributed by atoms with Crippen LogP contribution in [-0.2, 0) is 6.42 Å². The van der Waals surface area contributed by atoms with Crippen molar-refractivity contribution in [1.29, 1.82) is 0 Å². The monoisotopic (exact) mass is 252 g/mol. The second-order valence-electron chi connectivity index (χ2n) is 4.79. The Morgan fingerprint density at radius 2 is 1.95 bits per heavy atom. The summed E-state index contributed by atoms with van der Waals surface area (Å²) in [4.78, 5) is 0. The van der Waals surface area contributed by atoms with E-state index in [9.17, 15) is 0 Å². The van der Waals surface area contributed by atoms with Crippen molar-refractivity contribution in [1.82, 2.24) is 10.3 Å². The first-order valence-electron chi connectivity index (χ1n) is 6.36. The molecule has 0 radical (unpaired) electrons. The smallest absolute Gasteiger partial charge is 0.139 e. The molecule has 2 heterocycles. The van der Waals surface area contributed by atoms with Gasteiger partial charge >= 0.3 is 0 Å². The van der Waals surface area contributed by atoms with Crippen molar-refractivity contribution in [3.63, 3.8) is 0 Å². The van der Waals surface area contributed by atoms with E-state index in [4.69, 9.17) is 9.05 Å². The normalized spacial score (nSPS) is 17.6. The first-order chi connectivity index (χ1) is 9.43. The first-order valence-corrected chi connectivity index (χ1v) is 6.36. The lowest BCUT2D eigenvalue weighted by Gasteiger charge is -2.09. The van der Waals surface area contributed by atoms with Gasteiger partial charge in [-0.1, -0.05) is 34.6 Å². The first kappa shape index (κ1) is 10.6. The molecule has 1 aromatic carbocycles. The number of aromatic nitrogens is 2. The maximum atomic E-state index is 5.17. The Morgan fingerprint density at radius 3 is 2.84 bits per heavy atom. The predicted molar refractivity (Wildman–Crippen MR) is 68.6 cm³/mol. The Bertz CT molecular complexity index is 701. The van der Waals surface area contributed by atoms with Crippen molar-refractivity contribution in [2.75, 3.05) is 0 Å². The summed E-state index contributed by atoms with van der Waals surface area (Å²) in [5, 5.41) is 8.03. The Labute approximate surface area is 110 Å². The highest BCUT2D eigenvalue weighted by Gasteiger charge is 2.28. The molecule has 0 fully saturated rings. The van der Waals surface area contributed by atoms with E-state index in [2.05, 4.69) is 34.6 Å².